The third-order valence-electron chi connectivity index (χ3n) is 8.14. The number of halogens is 1. The Morgan fingerprint density at radius 3 is 2.56 bits per heavy atom. The van der Waals surface area contributed by atoms with E-state index in [9.17, 15) is 19.1 Å². The average molecular weight is 588 g/mol. The van der Waals surface area contributed by atoms with Crippen molar-refractivity contribution < 1.29 is 23.8 Å². The van der Waals surface area contributed by atoms with Crippen LogP contribution in [0.15, 0.2) is 55.0 Å². The van der Waals surface area contributed by atoms with Gasteiger partial charge in [-0.1, -0.05) is 0 Å². The van der Waals surface area contributed by atoms with Gasteiger partial charge in [0, 0.05) is 68.4 Å². The van der Waals surface area contributed by atoms with Gasteiger partial charge in [0.2, 0.25) is 5.91 Å². The first-order valence-corrected chi connectivity index (χ1v) is 14.2. The van der Waals surface area contributed by atoms with Crippen LogP contribution in [0, 0.1) is 12.7 Å². The maximum Gasteiger partial charge on any atom is 0.254 e. The molecule has 224 valence electrons. The fourth-order valence-corrected chi connectivity index (χ4v) is 5.79. The maximum absolute atomic E-state index is 14.4. The molecule has 4 heterocycles. The van der Waals surface area contributed by atoms with Gasteiger partial charge in [-0.15, -0.1) is 0 Å². The molecule has 2 aliphatic heterocycles. The number of carbonyl (C=O) groups excluding carboxylic acids is 2. The lowest BCUT2D eigenvalue weighted by Crippen LogP contribution is -2.54. The Kier molecular flexibility index (Phi) is 7.49. The number of nitrogens with one attached hydrogen (secondary N) is 2. The fraction of sp³-hybridized carbons (Fsp3) is 0.355. The molecule has 2 atom stereocenters. The van der Waals surface area contributed by atoms with Gasteiger partial charge in [0.05, 0.1) is 30.6 Å². The molecule has 11 nitrogen and oxygen atoms in total. The topological polar surface area (TPSA) is 124 Å². The van der Waals surface area contributed by atoms with Crippen LogP contribution in [0.25, 0.3) is 16.9 Å². The van der Waals surface area contributed by atoms with Crippen molar-refractivity contribution in [3.05, 3.63) is 71.9 Å². The number of imidazole rings is 1. The zero-order valence-electron chi connectivity index (χ0n) is 24.3. The van der Waals surface area contributed by atoms with E-state index in [-0.39, 0.29) is 23.6 Å². The van der Waals surface area contributed by atoms with Gasteiger partial charge >= 0.3 is 0 Å². The molecule has 3 N–H and O–H groups in total. The lowest BCUT2D eigenvalue weighted by molar-refractivity contribution is -0.134. The van der Waals surface area contributed by atoms with E-state index in [2.05, 4.69) is 20.6 Å². The maximum atomic E-state index is 14.4. The van der Waals surface area contributed by atoms with Crippen LogP contribution in [-0.2, 0) is 4.79 Å². The molecule has 12 heteroatoms. The minimum absolute atomic E-state index is 0.0270. The number of methoxy groups -OCH3 is 1. The van der Waals surface area contributed by atoms with Crippen molar-refractivity contribution in [3.8, 4) is 17.0 Å². The molecule has 43 heavy (non-hydrogen) atoms. The first kappa shape index (κ1) is 28.6. The molecule has 0 spiro atoms. The van der Waals surface area contributed by atoms with Gasteiger partial charge in [-0.3, -0.25) is 14.0 Å². The summed E-state index contributed by atoms with van der Waals surface area (Å²) in [4.78, 5) is 38.8. The first-order valence-electron chi connectivity index (χ1n) is 14.2. The van der Waals surface area contributed by atoms with Crippen LogP contribution in [0.3, 0.4) is 0 Å². The van der Waals surface area contributed by atoms with Gasteiger partial charge in [-0.25, -0.2) is 14.4 Å². The molecule has 0 bridgehead atoms. The number of aromatic nitrogens is 3. The smallest absolute Gasteiger partial charge is 0.254 e. The van der Waals surface area contributed by atoms with E-state index >= 15 is 0 Å². The number of hydrogen-bond donors (Lipinski definition) is 3. The summed E-state index contributed by atoms with van der Waals surface area (Å²) in [7, 11) is 1.42. The largest absolute Gasteiger partial charge is 0.494 e. The van der Waals surface area contributed by atoms with Crippen LogP contribution in [0.1, 0.15) is 29.3 Å². The minimum atomic E-state index is -0.876. The number of nitrogens with zero attached hydrogens (tertiary/aromatic N) is 5. The minimum Gasteiger partial charge on any atom is -0.494 e. The Morgan fingerprint density at radius 2 is 1.88 bits per heavy atom. The van der Waals surface area contributed by atoms with E-state index in [0.29, 0.717) is 67.4 Å². The molecule has 0 aliphatic carbocycles. The summed E-state index contributed by atoms with van der Waals surface area (Å²) in [5.74, 6) is 0.118. The summed E-state index contributed by atoms with van der Waals surface area (Å²) in [6.45, 7) is 5.80. The lowest BCUT2D eigenvalue weighted by atomic mass is 10.0. The Balaban J connectivity index is 1.13. The van der Waals surface area contributed by atoms with Gasteiger partial charge in [-0.05, 0) is 55.8 Å². The third-order valence-corrected chi connectivity index (χ3v) is 8.14. The highest BCUT2D eigenvalue weighted by molar-refractivity contribution is 5.96. The number of aliphatic hydroxyl groups is 1. The molecule has 2 aromatic heterocycles. The highest BCUT2D eigenvalue weighted by Crippen LogP contribution is 2.29. The number of aryl methyl sites for hydroxylation is 1. The van der Waals surface area contributed by atoms with Gasteiger partial charge in [0.25, 0.3) is 5.91 Å². The van der Waals surface area contributed by atoms with E-state index in [1.54, 1.807) is 53.5 Å². The number of fused-ring (bicyclic) bond motifs is 1. The van der Waals surface area contributed by atoms with Gasteiger partial charge in [0.15, 0.2) is 23.0 Å². The third kappa shape index (κ3) is 5.63. The molecule has 4 aromatic rings. The van der Waals surface area contributed by atoms with Crippen molar-refractivity contribution in [2.45, 2.75) is 31.9 Å². The Labute approximate surface area is 248 Å². The number of anilines is 2. The van der Waals surface area contributed by atoms with Gasteiger partial charge < -0.3 is 30.3 Å². The second-order valence-electron chi connectivity index (χ2n) is 11.4. The standard InChI is InChI=1S/C31H34FN7O4/c1-19-14-21(36-27-28-34-17-25(39(28)9-8-33-27)20-4-7-26(43-3)23(32)15-20)5-6-22(19)29(40)37-10-12-38(13-11-37)30(41)24-16-31(2,42)18-35-24/h4-9,14-15,17,24,35,42H,10-13,16,18H2,1-3H3,(H,33,36)/t24-,31-/m0/s1. The molecule has 2 aromatic carbocycles. The van der Waals surface area contributed by atoms with Crippen molar-refractivity contribution >= 4 is 29.0 Å². The summed E-state index contributed by atoms with van der Waals surface area (Å²) < 4.78 is 21.2. The van der Waals surface area contributed by atoms with Crippen molar-refractivity contribution in [2.24, 2.45) is 0 Å². The van der Waals surface area contributed by atoms with Crippen molar-refractivity contribution in [3.63, 3.8) is 0 Å². The van der Waals surface area contributed by atoms with E-state index < -0.39 is 11.4 Å². The molecule has 0 saturated carbocycles. The SMILES string of the molecule is COc1ccc(-c2cnc3c(Nc4ccc(C(=O)N5CCN(C(=O)[C@@H]6C[C@](C)(O)CN6)CC5)c(C)c4)nccn23)cc1F. The number of benzene rings is 2. The summed E-state index contributed by atoms with van der Waals surface area (Å²) in [6, 6.07) is 9.87. The summed E-state index contributed by atoms with van der Waals surface area (Å²) >= 11 is 0. The second kappa shape index (κ2) is 11.3. The van der Waals surface area contributed by atoms with E-state index in [0.717, 1.165) is 11.3 Å². The average Bonchev–Trinajstić information content (AvgIpc) is 3.60. The number of hydrogen-bond acceptors (Lipinski definition) is 8. The monoisotopic (exact) mass is 587 g/mol. The molecular weight excluding hydrogens is 553 g/mol. The molecule has 0 unspecified atom stereocenters. The van der Waals surface area contributed by atoms with Crippen molar-refractivity contribution in [1.29, 1.82) is 0 Å². The Morgan fingerprint density at radius 1 is 1.12 bits per heavy atom. The van der Waals surface area contributed by atoms with E-state index in [1.165, 1.54) is 13.2 Å². The fourth-order valence-electron chi connectivity index (χ4n) is 5.79. The summed E-state index contributed by atoms with van der Waals surface area (Å²) in [6.07, 6.45) is 5.45. The van der Waals surface area contributed by atoms with Gasteiger partial charge in [-0.2, -0.15) is 0 Å². The Bertz CT molecular complexity index is 1700. The lowest BCUT2D eigenvalue weighted by Gasteiger charge is -2.36. The normalized spacial score (nSPS) is 20.4. The van der Waals surface area contributed by atoms with E-state index in [1.807, 2.05) is 23.5 Å². The zero-order valence-corrected chi connectivity index (χ0v) is 24.3. The van der Waals surface area contributed by atoms with Crippen LogP contribution in [0.4, 0.5) is 15.9 Å². The highest BCUT2D eigenvalue weighted by atomic mass is 19.1. The quantitative estimate of drug-likeness (QED) is 0.315. The number of β-amino-alcohol motifs (C(OH)–C–C–N with tert-alkyl or cyclic N) is 1. The number of carbonyl (C=O) groups is 2. The molecule has 2 aliphatic rings. The van der Waals surface area contributed by atoms with E-state index in [4.69, 9.17) is 4.74 Å². The summed E-state index contributed by atoms with van der Waals surface area (Å²) in [5, 5.41) is 16.6. The zero-order chi connectivity index (χ0) is 30.3. The van der Waals surface area contributed by atoms with Gasteiger partial charge in [0.1, 0.15) is 0 Å². The second-order valence-corrected chi connectivity index (χ2v) is 11.4. The molecule has 2 fully saturated rings. The number of ether oxygens (including phenoxy) is 1. The Hall–Kier alpha value is -4.55. The van der Waals surface area contributed by atoms with Crippen molar-refractivity contribution in [2.75, 3.05) is 45.2 Å². The highest BCUT2D eigenvalue weighted by Gasteiger charge is 2.39. The van der Waals surface area contributed by atoms with Crippen LogP contribution >= 0.6 is 0 Å². The molecule has 0 radical (unpaired) electrons. The number of amides is 2. The summed E-state index contributed by atoms with van der Waals surface area (Å²) in [5.41, 5.74) is 3.17. The van der Waals surface area contributed by atoms with Crippen LogP contribution in [0.5, 0.6) is 5.75 Å². The molecule has 6 rings (SSSR count). The van der Waals surface area contributed by atoms with Crippen molar-refractivity contribution in [1.82, 2.24) is 29.5 Å². The molecule has 2 saturated heterocycles. The molecular formula is C31H34FN7O4. The number of piperazine rings is 1. The predicted molar refractivity (Wildman–Crippen MR) is 159 cm³/mol. The first-order chi connectivity index (χ1) is 20.6. The number of rotatable bonds is 6. The molecule has 2 amide bonds. The van der Waals surface area contributed by atoms with Crippen LogP contribution < -0.4 is 15.4 Å². The van der Waals surface area contributed by atoms with Crippen LogP contribution in [0.2, 0.25) is 0 Å². The van der Waals surface area contributed by atoms with Crippen LogP contribution in [-0.4, -0.2) is 92.6 Å². The predicted octanol–water partition coefficient (Wildman–Crippen LogP) is 2.99.